The number of carbonyl (C=O) groups excluding carboxylic acids is 2. The lowest BCUT2D eigenvalue weighted by Crippen LogP contribution is -2.40. The zero-order valence-electron chi connectivity index (χ0n) is 19.0. The predicted octanol–water partition coefficient (Wildman–Crippen LogP) is 4.58. The third kappa shape index (κ3) is 4.75. The van der Waals surface area contributed by atoms with E-state index in [4.69, 9.17) is 17.0 Å². The maximum Gasteiger partial charge on any atom is 0.319 e. The molecule has 1 saturated heterocycles. The number of guanidine groups is 1. The van der Waals surface area contributed by atoms with E-state index >= 15 is 0 Å². The Hall–Kier alpha value is -3.84. The van der Waals surface area contributed by atoms with Gasteiger partial charge in [-0.05, 0) is 65.9 Å². The number of likely N-dealkylation sites (N-methyl/N-ethyl adjacent to an activating group) is 1. The monoisotopic (exact) mass is 475 g/mol. The number of urea groups is 1. The third-order valence-electron chi connectivity index (χ3n) is 5.97. The van der Waals surface area contributed by atoms with Gasteiger partial charge >= 0.3 is 6.03 Å². The minimum atomic E-state index is -1.02. The van der Waals surface area contributed by atoms with Gasteiger partial charge in [0.1, 0.15) is 5.54 Å². The second-order valence-corrected chi connectivity index (χ2v) is 8.78. The highest BCUT2D eigenvalue weighted by molar-refractivity contribution is 6.30. The molecule has 3 aromatic rings. The van der Waals surface area contributed by atoms with Crippen LogP contribution in [-0.2, 0) is 16.8 Å². The van der Waals surface area contributed by atoms with Gasteiger partial charge in [0.2, 0.25) is 0 Å². The van der Waals surface area contributed by atoms with Gasteiger partial charge < -0.3 is 16.0 Å². The zero-order valence-corrected chi connectivity index (χ0v) is 19.7. The Labute approximate surface area is 203 Å². The number of nitrogens with zero attached hydrogens (tertiary/aromatic N) is 1. The van der Waals surface area contributed by atoms with Crippen LogP contribution in [0.15, 0.2) is 72.8 Å². The molecule has 0 aromatic heterocycles. The fourth-order valence-corrected chi connectivity index (χ4v) is 4.22. The fourth-order valence-electron chi connectivity index (χ4n) is 4.05. The molecule has 0 spiro atoms. The van der Waals surface area contributed by atoms with Crippen molar-refractivity contribution in [3.05, 3.63) is 88.9 Å². The average molecular weight is 476 g/mol. The second kappa shape index (κ2) is 9.57. The van der Waals surface area contributed by atoms with Crippen molar-refractivity contribution < 1.29 is 9.59 Å². The van der Waals surface area contributed by atoms with Gasteiger partial charge in [0.05, 0.1) is 0 Å². The van der Waals surface area contributed by atoms with Crippen molar-refractivity contribution in [2.75, 3.05) is 18.9 Å². The number of amides is 3. The summed E-state index contributed by atoms with van der Waals surface area (Å²) in [5.74, 6) is -0.115. The Balaban J connectivity index is 1.52. The highest BCUT2D eigenvalue weighted by Gasteiger charge is 2.45. The van der Waals surface area contributed by atoms with Crippen molar-refractivity contribution in [3.63, 3.8) is 0 Å². The van der Waals surface area contributed by atoms with Gasteiger partial charge in [-0.1, -0.05) is 54.1 Å². The molecule has 1 aliphatic rings. The van der Waals surface area contributed by atoms with E-state index in [9.17, 15) is 9.59 Å². The first-order chi connectivity index (χ1) is 16.3. The third-order valence-corrected chi connectivity index (χ3v) is 6.21. The minimum Gasteiger partial charge on any atom is -0.338 e. The summed E-state index contributed by atoms with van der Waals surface area (Å²) >= 11 is 6.32. The smallest absolute Gasteiger partial charge is 0.319 e. The van der Waals surface area contributed by atoms with E-state index in [-0.39, 0.29) is 17.9 Å². The van der Waals surface area contributed by atoms with E-state index in [1.807, 2.05) is 72.8 Å². The standard InChI is InChI=1S/C26H26ClN5O2/c1-26(23(33)32(2)24(28)31-26)19-8-6-7-18(15-19)22-16-20(27)12-11-17(22)13-14-29-25(34)30-21-9-4-3-5-10-21/h3-12,15-16H,13-14H2,1-2H3,(H2,28,31)(H2,29,30,34). The molecule has 1 aliphatic heterocycles. The Bertz CT molecular complexity index is 1250. The quantitative estimate of drug-likeness (QED) is 0.420. The van der Waals surface area contributed by atoms with Crippen molar-refractivity contribution >= 4 is 35.2 Å². The van der Waals surface area contributed by atoms with Crippen LogP contribution in [0.1, 0.15) is 18.1 Å². The average Bonchev–Trinajstić information content (AvgIpc) is 3.04. The molecule has 174 valence electrons. The van der Waals surface area contributed by atoms with E-state index in [2.05, 4.69) is 16.0 Å². The molecule has 1 unspecified atom stereocenters. The second-order valence-electron chi connectivity index (χ2n) is 8.34. The Kier molecular flexibility index (Phi) is 6.56. The molecular weight excluding hydrogens is 450 g/mol. The van der Waals surface area contributed by atoms with Crippen LogP contribution in [0.4, 0.5) is 10.5 Å². The number of benzene rings is 3. The van der Waals surface area contributed by atoms with Crippen LogP contribution in [0, 0.1) is 5.41 Å². The maximum atomic E-state index is 12.8. The Morgan fingerprint density at radius 1 is 1.09 bits per heavy atom. The summed E-state index contributed by atoms with van der Waals surface area (Å²) in [5.41, 5.74) is 3.32. The van der Waals surface area contributed by atoms with Crippen molar-refractivity contribution in [1.82, 2.24) is 15.5 Å². The first-order valence-corrected chi connectivity index (χ1v) is 11.3. The van der Waals surface area contributed by atoms with Crippen LogP contribution in [0.5, 0.6) is 0 Å². The number of carbonyl (C=O) groups is 2. The van der Waals surface area contributed by atoms with E-state index in [0.717, 1.165) is 27.9 Å². The summed E-state index contributed by atoms with van der Waals surface area (Å²) in [6.45, 7) is 2.22. The summed E-state index contributed by atoms with van der Waals surface area (Å²) in [6, 6.07) is 22.3. The molecule has 1 heterocycles. The molecule has 34 heavy (non-hydrogen) atoms. The van der Waals surface area contributed by atoms with Crippen molar-refractivity contribution in [1.29, 1.82) is 5.41 Å². The van der Waals surface area contributed by atoms with Crippen LogP contribution in [0.25, 0.3) is 11.1 Å². The van der Waals surface area contributed by atoms with E-state index in [1.54, 1.807) is 14.0 Å². The molecule has 1 atom stereocenters. The van der Waals surface area contributed by atoms with E-state index in [1.165, 1.54) is 4.90 Å². The van der Waals surface area contributed by atoms with Crippen molar-refractivity contribution in [3.8, 4) is 11.1 Å². The van der Waals surface area contributed by atoms with Gasteiger partial charge in [-0.15, -0.1) is 0 Å². The van der Waals surface area contributed by atoms with Gasteiger partial charge in [0.25, 0.3) is 5.91 Å². The predicted molar refractivity (Wildman–Crippen MR) is 135 cm³/mol. The molecule has 1 fully saturated rings. The number of anilines is 1. The van der Waals surface area contributed by atoms with Gasteiger partial charge in [0.15, 0.2) is 5.96 Å². The van der Waals surface area contributed by atoms with Gasteiger partial charge in [-0.2, -0.15) is 0 Å². The highest BCUT2D eigenvalue weighted by atomic mass is 35.5. The molecule has 0 saturated carbocycles. The summed E-state index contributed by atoms with van der Waals surface area (Å²) in [4.78, 5) is 26.3. The van der Waals surface area contributed by atoms with Crippen LogP contribution in [0.3, 0.4) is 0 Å². The topological polar surface area (TPSA) is 97.3 Å². The maximum absolute atomic E-state index is 12.8. The number of halogens is 1. The number of hydrogen-bond acceptors (Lipinski definition) is 3. The molecule has 7 nitrogen and oxygen atoms in total. The molecule has 0 radical (unpaired) electrons. The zero-order chi connectivity index (χ0) is 24.3. The van der Waals surface area contributed by atoms with Crippen LogP contribution >= 0.6 is 11.6 Å². The van der Waals surface area contributed by atoms with Crippen molar-refractivity contribution in [2.24, 2.45) is 0 Å². The molecule has 8 heteroatoms. The SMILES string of the molecule is CN1C(=N)NC(C)(c2cccc(-c3cc(Cl)ccc3CCNC(=O)Nc3ccccc3)c2)C1=O. The summed E-state index contributed by atoms with van der Waals surface area (Å²) in [7, 11) is 1.59. The molecule has 0 aliphatic carbocycles. The number of para-hydroxylation sites is 1. The largest absolute Gasteiger partial charge is 0.338 e. The normalized spacial score (nSPS) is 17.4. The number of nitrogens with one attached hydrogen (secondary N) is 4. The summed E-state index contributed by atoms with van der Waals surface area (Å²) in [6.07, 6.45) is 0.598. The fraction of sp³-hybridized carbons (Fsp3) is 0.192. The van der Waals surface area contributed by atoms with Crippen LogP contribution in [-0.4, -0.2) is 36.4 Å². The minimum absolute atomic E-state index is 0.0706. The first-order valence-electron chi connectivity index (χ1n) is 10.9. The van der Waals surface area contributed by atoms with Crippen LogP contribution < -0.4 is 16.0 Å². The Morgan fingerprint density at radius 3 is 2.56 bits per heavy atom. The molecule has 3 amide bonds. The van der Waals surface area contributed by atoms with Crippen LogP contribution in [0.2, 0.25) is 5.02 Å². The van der Waals surface area contributed by atoms with E-state index in [0.29, 0.717) is 18.0 Å². The molecule has 4 N–H and O–H groups in total. The summed E-state index contributed by atoms with van der Waals surface area (Å²) < 4.78 is 0. The molecule has 3 aromatic carbocycles. The Morgan fingerprint density at radius 2 is 1.85 bits per heavy atom. The lowest BCUT2D eigenvalue weighted by molar-refractivity contribution is -0.129. The van der Waals surface area contributed by atoms with Crippen molar-refractivity contribution in [2.45, 2.75) is 18.9 Å². The first kappa shape index (κ1) is 23.3. The summed E-state index contributed by atoms with van der Waals surface area (Å²) in [5, 5.41) is 17.3. The lowest BCUT2D eigenvalue weighted by atomic mass is 9.88. The highest BCUT2D eigenvalue weighted by Crippen LogP contribution is 2.33. The molecule has 4 rings (SSSR count). The molecular formula is C26H26ClN5O2. The van der Waals surface area contributed by atoms with Gasteiger partial charge in [-0.3, -0.25) is 15.1 Å². The lowest BCUT2D eigenvalue weighted by Gasteiger charge is -2.23. The number of hydrogen-bond donors (Lipinski definition) is 4. The van der Waals surface area contributed by atoms with Gasteiger partial charge in [0, 0.05) is 24.3 Å². The number of rotatable bonds is 6. The molecule has 0 bridgehead atoms. The van der Waals surface area contributed by atoms with E-state index < -0.39 is 5.54 Å². The van der Waals surface area contributed by atoms with Gasteiger partial charge in [-0.25, -0.2) is 4.79 Å².